The second-order valence-electron chi connectivity index (χ2n) is 4.49. The van der Waals surface area contributed by atoms with Crippen LogP contribution < -0.4 is 10.1 Å². The summed E-state index contributed by atoms with van der Waals surface area (Å²) >= 11 is 0. The fourth-order valence-electron chi connectivity index (χ4n) is 1.86. The van der Waals surface area contributed by atoms with Gasteiger partial charge in [-0.25, -0.2) is 4.39 Å². The summed E-state index contributed by atoms with van der Waals surface area (Å²) in [6, 6.07) is 4.49. The summed E-state index contributed by atoms with van der Waals surface area (Å²) in [5.74, 6) is 0.791. The smallest absolute Gasteiger partial charge is 0.213 e. The molecule has 1 aromatic carbocycles. The van der Waals surface area contributed by atoms with E-state index in [0.717, 1.165) is 18.5 Å². The maximum absolute atomic E-state index is 13.4. The van der Waals surface area contributed by atoms with Gasteiger partial charge in [-0.1, -0.05) is 12.1 Å². The molecule has 0 amide bonds. The molecule has 0 aliphatic carbocycles. The van der Waals surface area contributed by atoms with E-state index in [0.29, 0.717) is 11.6 Å². The van der Waals surface area contributed by atoms with Crippen LogP contribution in [0.25, 0.3) is 0 Å². The number of nitrogens with zero attached hydrogens (tertiary/aromatic N) is 2. The first kappa shape index (κ1) is 14.5. The van der Waals surface area contributed by atoms with E-state index in [1.165, 1.54) is 18.5 Å². The zero-order chi connectivity index (χ0) is 14.4. The van der Waals surface area contributed by atoms with Gasteiger partial charge in [-0.3, -0.25) is 0 Å². The molecular formula is C14H18FN3O2. The van der Waals surface area contributed by atoms with E-state index in [9.17, 15) is 4.39 Å². The molecule has 1 aromatic heterocycles. The van der Waals surface area contributed by atoms with Crippen LogP contribution >= 0.6 is 0 Å². The zero-order valence-corrected chi connectivity index (χ0v) is 11.6. The number of ether oxygens (including phenoxy) is 1. The second kappa shape index (κ2) is 7.00. The maximum atomic E-state index is 13.4. The molecule has 0 aliphatic rings. The Labute approximate surface area is 117 Å². The van der Waals surface area contributed by atoms with Crippen molar-refractivity contribution in [1.82, 2.24) is 15.5 Å². The molecule has 5 nitrogen and oxygen atoms in total. The van der Waals surface area contributed by atoms with Gasteiger partial charge in [-0.2, -0.15) is 4.98 Å². The van der Waals surface area contributed by atoms with E-state index in [4.69, 9.17) is 4.74 Å². The number of hydrogen-bond donors (Lipinski definition) is 1. The molecule has 1 heterocycles. The van der Waals surface area contributed by atoms with Crippen LogP contribution in [-0.2, 0) is 6.61 Å². The first-order valence-corrected chi connectivity index (χ1v) is 6.61. The van der Waals surface area contributed by atoms with Crippen molar-refractivity contribution < 1.29 is 13.7 Å². The van der Waals surface area contributed by atoms with Gasteiger partial charge in [-0.05, 0) is 38.1 Å². The third-order valence-corrected chi connectivity index (χ3v) is 2.90. The van der Waals surface area contributed by atoms with Crippen LogP contribution in [0, 0.1) is 5.82 Å². The highest BCUT2D eigenvalue weighted by Crippen LogP contribution is 2.26. The molecule has 1 atom stereocenters. The molecule has 0 saturated carbocycles. The molecule has 1 unspecified atom stereocenters. The molecule has 0 fully saturated rings. The Balaban J connectivity index is 2.10. The van der Waals surface area contributed by atoms with Crippen molar-refractivity contribution in [3.8, 4) is 5.75 Å². The summed E-state index contributed by atoms with van der Waals surface area (Å²) in [6.07, 6.45) is 2.26. The Hall–Kier alpha value is -1.95. The molecule has 2 aromatic rings. The van der Waals surface area contributed by atoms with Gasteiger partial charge in [0.05, 0.1) is 0 Å². The summed E-state index contributed by atoms with van der Waals surface area (Å²) in [5, 5.41) is 6.99. The van der Waals surface area contributed by atoms with Gasteiger partial charge in [-0.15, -0.1) is 0 Å². The molecule has 108 valence electrons. The summed E-state index contributed by atoms with van der Waals surface area (Å²) in [4.78, 5) is 3.88. The molecule has 6 heteroatoms. The van der Waals surface area contributed by atoms with Crippen LogP contribution in [0.5, 0.6) is 5.75 Å². The Morgan fingerprint density at radius 3 is 3.00 bits per heavy atom. The van der Waals surface area contributed by atoms with E-state index >= 15 is 0 Å². The van der Waals surface area contributed by atoms with Gasteiger partial charge in [0.25, 0.3) is 0 Å². The quantitative estimate of drug-likeness (QED) is 0.844. The molecule has 1 N–H and O–H groups in total. The van der Waals surface area contributed by atoms with E-state index < -0.39 is 0 Å². The minimum atomic E-state index is -0.281. The predicted octanol–water partition coefficient (Wildman–Crippen LogP) is 2.85. The molecule has 0 saturated heterocycles. The van der Waals surface area contributed by atoms with E-state index in [2.05, 4.69) is 26.9 Å². The number of aromatic nitrogens is 2. The zero-order valence-electron chi connectivity index (χ0n) is 11.6. The SMILES string of the molecule is CCCNC(C)c1cc(F)ccc1OCc1ncon1. The fourth-order valence-corrected chi connectivity index (χ4v) is 1.86. The van der Waals surface area contributed by atoms with Crippen molar-refractivity contribution in [2.45, 2.75) is 32.9 Å². The molecule has 0 radical (unpaired) electrons. The maximum Gasteiger partial charge on any atom is 0.213 e. The van der Waals surface area contributed by atoms with Gasteiger partial charge < -0.3 is 14.6 Å². The summed E-state index contributed by atoms with van der Waals surface area (Å²) in [7, 11) is 0. The number of halogens is 1. The first-order valence-electron chi connectivity index (χ1n) is 6.61. The van der Waals surface area contributed by atoms with Gasteiger partial charge >= 0.3 is 0 Å². The molecular weight excluding hydrogens is 261 g/mol. The predicted molar refractivity (Wildman–Crippen MR) is 71.7 cm³/mol. The van der Waals surface area contributed by atoms with Crippen molar-refractivity contribution in [3.05, 3.63) is 41.8 Å². The summed E-state index contributed by atoms with van der Waals surface area (Å²) < 4.78 is 23.7. The Morgan fingerprint density at radius 2 is 2.30 bits per heavy atom. The fraction of sp³-hybridized carbons (Fsp3) is 0.429. The van der Waals surface area contributed by atoms with Crippen LogP contribution in [0.2, 0.25) is 0 Å². The average Bonchev–Trinajstić information content (AvgIpc) is 2.96. The molecule has 0 spiro atoms. The Morgan fingerprint density at radius 1 is 1.45 bits per heavy atom. The van der Waals surface area contributed by atoms with Gasteiger partial charge in [0.15, 0.2) is 6.61 Å². The van der Waals surface area contributed by atoms with Gasteiger partial charge in [0, 0.05) is 11.6 Å². The molecule has 0 aliphatic heterocycles. The van der Waals surface area contributed by atoms with Crippen LogP contribution in [0.3, 0.4) is 0 Å². The highest BCUT2D eigenvalue weighted by atomic mass is 19.1. The van der Waals surface area contributed by atoms with E-state index in [1.54, 1.807) is 6.07 Å². The lowest BCUT2D eigenvalue weighted by molar-refractivity contribution is 0.281. The standard InChI is InChI=1S/C14H18FN3O2/c1-3-6-16-10(2)12-7-11(15)4-5-13(12)19-8-14-17-9-20-18-14/h4-5,7,9-10,16H,3,6,8H2,1-2H3. The topological polar surface area (TPSA) is 60.2 Å². The van der Waals surface area contributed by atoms with Gasteiger partial charge in [0.1, 0.15) is 11.6 Å². The Kier molecular flexibility index (Phi) is 5.06. The van der Waals surface area contributed by atoms with Crippen LogP contribution in [0.4, 0.5) is 4.39 Å². The number of benzene rings is 1. The highest BCUT2D eigenvalue weighted by Gasteiger charge is 2.13. The van der Waals surface area contributed by atoms with Gasteiger partial charge in [0.2, 0.25) is 12.2 Å². The van der Waals surface area contributed by atoms with Crippen molar-refractivity contribution in [1.29, 1.82) is 0 Å². The normalized spacial score (nSPS) is 12.3. The molecule has 0 bridgehead atoms. The van der Waals surface area contributed by atoms with Crippen molar-refractivity contribution in [2.24, 2.45) is 0 Å². The second-order valence-corrected chi connectivity index (χ2v) is 4.49. The third-order valence-electron chi connectivity index (χ3n) is 2.90. The van der Waals surface area contributed by atoms with Crippen molar-refractivity contribution in [3.63, 3.8) is 0 Å². The lowest BCUT2D eigenvalue weighted by atomic mass is 10.1. The monoisotopic (exact) mass is 279 g/mol. The lowest BCUT2D eigenvalue weighted by Crippen LogP contribution is -2.20. The molecule has 20 heavy (non-hydrogen) atoms. The number of hydrogen-bond acceptors (Lipinski definition) is 5. The molecule has 2 rings (SSSR count). The minimum absolute atomic E-state index is 0.00548. The first-order chi connectivity index (χ1) is 9.70. The largest absolute Gasteiger partial charge is 0.485 e. The highest BCUT2D eigenvalue weighted by molar-refractivity contribution is 5.36. The number of nitrogens with one attached hydrogen (secondary N) is 1. The summed E-state index contributed by atoms with van der Waals surface area (Å²) in [6.45, 7) is 5.11. The van der Waals surface area contributed by atoms with Crippen LogP contribution in [-0.4, -0.2) is 16.7 Å². The summed E-state index contributed by atoms with van der Waals surface area (Å²) in [5.41, 5.74) is 0.780. The lowest BCUT2D eigenvalue weighted by Gasteiger charge is -2.17. The van der Waals surface area contributed by atoms with E-state index in [1.807, 2.05) is 6.92 Å². The third kappa shape index (κ3) is 3.77. The minimum Gasteiger partial charge on any atom is -0.485 e. The van der Waals surface area contributed by atoms with Crippen LogP contribution in [0.1, 0.15) is 37.7 Å². The van der Waals surface area contributed by atoms with Crippen molar-refractivity contribution >= 4 is 0 Å². The van der Waals surface area contributed by atoms with Crippen LogP contribution in [0.15, 0.2) is 29.1 Å². The number of rotatable bonds is 7. The van der Waals surface area contributed by atoms with Crippen molar-refractivity contribution in [2.75, 3.05) is 6.54 Å². The van der Waals surface area contributed by atoms with E-state index in [-0.39, 0.29) is 18.5 Å². The Bertz CT molecular complexity index is 531. The average molecular weight is 279 g/mol.